The van der Waals surface area contributed by atoms with Crippen LogP contribution >= 0.6 is 24.0 Å². The Kier molecular flexibility index (Phi) is 7.38. The lowest BCUT2D eigenvalue weighted by Crippen LogP contribution is -2.47. The number of carbonyl (C=O) groups is 1. The van der Waals surface area contributed by atoms with E-state index in [0.717, 1.165) is 47.8 Å². The van der Waals surface area contributed by atoms with E-state index in [1.807, 2.05) is 61.5 Å². The van der Waals surface area contributed by atoms with Crippen molar-refractivity contribution in [3.05, 3.63) is 104 Å². The van der Waals surface area contributed by atoms with E-state index in [4.69, 9.17) is 26.7 Å². The van der Waals surface area contributed by atoms with E-state index in [2.05, 4.69) is 15.9 Å². The number of hydrogen-bond donors (Lipinski definition) is 0. The summed E-state index contributed by atoms with van der Waals surface area (Å²) in [6.07, 6.45) is 3.41. The van der Waals surface area contributed by atoms with Crippen LogP contribution in [0.4, 0.5) is 5.82 Å². The molecule has 0 spiro atoms. The van der Waals surface area contributed by atoms with Crippen molar-refractivity contribution in [3.63, 3.8) is 0 Å². The number of anilines is 1. The minimum absolute atomic E-state index is 0.202. The van der Waals surface area contributed by atoms with E-state index in [0.29, 0.717) is 45.9 Å². The third kappa shape index (κ3) is 5.39. The number of pyridine rings is 1. The van der Waals surface area contributed by atoms with Crippen molar-refractivity contribution in [3.8, 4) is 11.5 Å². The zero-order valence-corrected chi connectivity index (χ0v) is 25.2. The Hall–Kier alpha value is -4.19. The first-order chi connectivity index (χ1) is 20.9. The lowest BCUT2D eigenvalue weighted by molar-refractivity contribution is -0.122. The zero-order valence-electron chi connectivity index (χ0n) is 23.6. The van der Waals surface area contributed by atoms with Crippen LogP contribution in [0.1, 0.15) is 22.3 Å². The van der Waals surface area contributed by atoms with Crippen molar-refractivity contribution in [1.82, 2.24) is 19.2 Å². The van der Waals surface area contributed by atoms with E-state index in [1.165, 1.54) is 11.8 Å². The fourth-order valence-electron chi connectivity index (χ4n) is 5.62. The van der Waals surface area contributed by atoms with Gasteiger partial charge >= 0.3 is 0 Å². The summed E-state index contributed by atoms with van der Waals surface area (Å²) in [4.78, 5) is 39.0. The molecule has 2 fully saturated rings. The van der Waals surface area contributed by atoms with Gasteiger partial charge in [0.1, 0.15) is 15.8 Å². The number of nitrogens with zero attached hydrogens (tertiary/aromatic N) is 5. The number of amides is 1. The molecule has 0 atom stereocenters. The highest BCUT2D eigenvalue weighted by Gasteiger charge is 2.33. The van der Waals surface area contributed by atoms with Crippen LogP contribution in [0.25, 0.3) is 11.7 Å². The number of benzene rings is 2. The number of hydrogen-bond acceptors (Lipinski definition) is 9. The molecule has 2 aromatic heterocycles. The Morgan fingerprint density at radius 3 is 2.53 bits per heavy atom. The zero-order chi connectivity index (χ0) is 29.5. The fourth-order valence-corrected chi connectivity index (χ4v) is 6.85. The summed E-state index contributed by atoms with van der Waals surface area (Å²) in [6, 6.07) is 19.6. The number of carbonyl (C=O) groups excluding carboxylic acids is 1. The largest absolute Gasteiger partial charge is 0.454 e. The van der Waals surface area contributed by atoms with Crippen LogP contribution in [0.3, 0.4) is 0 Å². The van der Waals surface area contributed by atoms with Gasteiger partial charge in [-0.3, -0.25) is 23.8 Å². The quantitative estimate of drug-likeness (QED) is 0.232. The van der Waals surface area contributed by atoms with Gasteiger partial charge < -0.3 is 14.4 Å². The Morgan fingerprint density at radius 1 is 0.930 bits per heavy atom. The lowest BCUT2D eigenvalue weighted by atomic mass is 10.1. The van der Waals surface area contributed by atoms with Gasteiger partial charge in [-0.15, -0.1) is 0 Å². The second-order valence-corrected chi connectivity index (χ2v) is 12.4. The van der Waals surface area contributed by atoms with Crippen LogP contribution in [0.2, 0.25) is 0 Å². The monoisotopic (exact) mass is 611 g/mol. The van der Waals surface area contributed by atoms with Crippen molar-refractivity contribution >= 4 is 51.7 Å². The third-order valence-electron chi connectivity index (χ3n) is 7.91. The Bertz CT molecular complexity index is 1830. The number of aromatic nitrogens is 2. The second kappa shape index (κ2) is 11.5. The van der Waals surface area contributed by atoms with Gasteiger partial charge in [-0.25, -0.2) is 4.98 Å². The molecule has 0 bridgehead atoms. The number of fused-ring (bicyclic) bond motifs is 2. The van der Waals surface area contributed by atoms with Gasteiger partial charge in [-0.2, -0.15) is 0 Å². The van der Waals surface area contributed by atoms with Crippen LogP contribution < -0.4 is 19.9 Å². The number of ether oxygens (including phenoxy) is 2. The highest BCUT2D eigenvalue weighted by atomic mass is 32.2. The third-order valence-corrected chi connectivity index (χ3v) is 9.29. The van der Waals surface area contributed by atoms with E-state index < -0.39 is 0 Å². The standard InChI is InChI=1S/C32H29N5O4S2/c1-21-6-5-11-36-28(21)33-29(35-14-12-34(13-15-35)18-23-9-10-25-26(16-23)41-20-40-25)24(30(36)38)17-27-31(39)37(32(42)43-27)19-22-7-3-2-4-8-22/h2-11,16-17H,12-15,18-20H2,1H3/b27-17-. The summed E-state index contributed by atoms with van der Waals surface area (Å²) >= 11 is 6.81. The summed E-state index contributed by atoms with van der Waals surface area (Å²) in [5.41, 5.74) is 3.85. The number of piperazine rings is 1. The Balaban J connectivity index is 1.17. The van der Waals surface area contributed by atoms with Crippen LogP contribution in [0.5, 0.6) is 11.5 Å². The molecular formula is C32H29N5O4S2. The highest BCUT2D eigenvalue weighted by Crippen LogP contribution is 2.35. The number of thiocarbonyl (C=S) groups is 1. The molecule has 0 saturated carbocycles. The first-order valence-electron chi connectivity index (χ1n) is 14.1. The van der Waals surface area contributed by atoms with Crippen molar-refractivity contribution in [2.45, 2.75) is 20.0 Å². The molecule has 5 heterocycles. The van der Waals surface area contributed by atoms with E-state index >= 15 is 0 Å². The molecule has 3 aliphatic heterocycles. The molecule has 43 heavy (non-hydrogen) atoms. The molecule has 218 valence electrons. The van der Waals surface area contributed by atoms with Gasteiger partial charge in [0.2, 0.25) is 6.79 Å². The number of thioether (sulfide) groups is 1. The summed E-state index contributed by atoms with van der Waals surface area (Å²) in [6.45, 7) is 6.34. The van der Waals surface area contributed by atoms with Crippen LogP contribution in [0, 0.1) is 6.92 Å². The molecule has 11 heteroatoms. The van der Waals surface area contributed by atoms with Gasteiger partial charge in [0.25, 0.3) is 11.5 Å². The van der Waals surface area contributed by atoms with E-state index in [1.54, 1.807) is 21.6 Å². The van der Waals surface area contributed by atoms with Gasteiger partial charge in [-0.05, 0) is 47.9 Å². The minimum Gasteiger partial charge on any atom is -0.454 e. The summed E-state index contributed by atoms with van der Waals surface area (Å²) < 4.78 is 13.0. The van der Waals surface area contributed by atoms with Crippen LogP contribution in [0.15, 0.2) is 76.6 Å². The molecular weight excluding hydrogens is 583 g/mol. The average molecular weight is 612 g/mol. The predicted octanol–water partition coefficient (Wildman–Crippen LogP) is 4.46. The maximum atomic E-state index is 13.9. The van der Waals surface area contributed by atoms with Crippen molar-refractivity contribution < 1.29 is 14.3 Å². The molecule has 7 rings (SSSR count). The molecule has 2 saturated heterocycles. The summed E-state index contributed by atoms with van der Waals surface area (Å²) in [7, 11) is 0. The topological polar surface area (TPSA) is 79.6 Å². The molecule has 0 unspecified atom stereocenters. The van der Waals surface area contributed by atoms with Crippen molar-refractivity contribution in [1.29, 1.82) is 0 Å². The van der Waals surface area contributed by atoms with Gasteiger partial charge in [0.15, 0.2) is 11.5 Å². The second-order valence-electron chi connectivity index (χ2n) is 10.7. The maximum Gasteiger partial charge on any atom is 0.267 e. The summed E-state index contributed by atoms with van der Waals surface area (Å²) in [5.74, 6) is 1.95. The van der Waals surface area contributed by atoms with Crippen molar-refractivity contribution in [2.24, 2.45) is 0 Å². The molecule has 0 N–H and O–H groups in total. The number of rotatable bonds is 6. The molecule has 9 nitrogen and oxygen atoms in total. The van der Waals surface area contributed by atoms with Crippen LogP contribution in [-0.4, -0.2) is 62.4 Å². The lowest BCUT2D eigenvalue weighted by Gasteiger charge is -2.36. The van der Waals surface area contributed by atoms with Crippen LogP contribution in [-0.2, 0) is 17.9 Å². The molecule has 0 aliphatic carbocycles. The highest BCUT2D eigenvalue weighted by molar-refractivity contribution is 8.26. The van der Waals surface area contributed by atoms with Crippen molar-refractivity contribution in [2.75, 3.05) is 37.9 Å². The maximum absolute atomic E-state index is 13.9. The Labute approximate surface area is 258 Å². The van der Waals surface area contributed by atoms with Gasteiger partial charge in [0, 0.05) is 38.9 Å². The number of aryl methyl sites for hydroxylation is 1. The molecule has 3 aliphatic rings. The summed E-state index contributed by atoms with van der Waals surface area (Å²) in [5, 5.41) is 0. The van der Waals surface area contributed by atoms with E-state index in [-0.39, 0.29) is 18.3 Å². The SMILES string of the molecule is Cc1cccn2c(=O)c(/C=C3\SC(=S)N(Cc4ccccc4)C3=O)c(N3CCN(Cc4ccc5c(c4)OCO5)CC3)nc12. The smallest absolute Gasteiger partial charge is 0.267 e. The average Bonchev–Trinajstić information content (AvgIpc) is 3.59. The molecule has 1 amide bonds. The normalized spacial score (nSPS) is 17.9. The molecule has 2 aromatic carbocycles. The first kappa shape index (κ1) is 27.6. The van der Waals surface area contributed by atoms with Gasteiger partial charge in [0.05, 0.1) is 17.0 Å². The molecule has 4 aromatic rings. The fraction of sp³-hybridized carbons (Fsp3) is 0.250. The minimum atomic E-state index is -0.209. The molecule has 0 radical (unpaired) electrons. The predicted molar refractivity (Wildman–Crippen MR) is 171 cm³/mol. The van der Waals surface area contributed by atoms with Gasteiger partial charge in [-0.1, -0.05) is 66.4 Å². The van der Waals surface area contributed by atoms with E-state index in [9.17, 15) is 9.59 Å². The first-order valence-corrected chi connectivity index (χ1v) is 15.3. The Morgan fingerprint density at radius 2 is 1.72 bits per heavy atom.